The van der Waals surface area contributed by atoms with Crippen molar-refractivity contribution >= 4 is 39.3 Å². The van der Waals surface area contributed by atoms with Gasteiger partial charge in [-0.2, -0.15) is 0 Å². The highest BCUT2D eigenvalue weighted by Gasteiger charge is 2.38. The number of hydrogen-bond acceptors (Lipinski definition) is 3. The second kappa shape index (κ2) is 6.66. The van der Waals surface area contributed by atoms with Crippen LogP contribution in [-0.2, 0) is 0 Å². The molecule has 1 aromatic rings. The molecule has 21 heavy (non-hydrogen) atoms. The minimum Gasteiger partial charge on any atom is -0.409 e. The maximum absolute atomic E-state index is 12.5. The van der Waals surface area contributed by atoms with E-state index in [1.807, 2.05) is 0 Å². The zero-order chi connectivity index (χ0) is 15.5. The Kier molecular flexibility index (Phi) is 5.11. The van der Waals surface area contributed by atoms with E-state index in [0.29, 0.717) is 27.9 Å². The van der Waals surface area contributed by atoms with Crippen molar-refractivity contribution in [1.29, 1.82) is 0 Å². The molecule has 1 aliphatic carbocycles. The maximum Gasteiger partial charge on any atom is 0.253 e. The molecule has 0 radical (unpaired) electrons. The topological polar surface area (TPSA) is 87.7 Å². The van der Waals surface area contributed by atoms with E-state index in [9.17, 15) is 4.79 Å². The molecule has 0 spiro atoms. The first-order chi connectivity index (χ1) is 9.98. The lowest BCUT2D eigenvalue weighted by molar-refractivity contribution is 0.0905. The first-order valence-electron chi connectivity index (χ1n) is 6.74. The van der Waals surface area contributed by atoms with Gasteiger partial charge in [-0.25, -0.2) is 0 Å². The van der Waals surface area contributed by atoms with Crippen LogP contribution in [0.25, 0.3) is 0 Å². The average molecular weight is 375 g/mol. The number of hydrogen-bond donors (Lipinski definition) is 3. The van der Waals surface area contributed by atoms with Crippen molar-refractivity contribution in [3.05, 3.63) is 33.3 Å². The SMILES string of the molecule is N/C(=N/O)C1(NC(=O)c2ccc(Cl)cc2Br)CCCCC1. The lowest BCUT2D eigenvalue weighted by Gasteiger charge is -2.36. The second-order valence-corrected chi connectivity index (χ2v) is 6.50. The van der Waals surface area contributed by atoms with Crippen molar-refractivity contribution in [2.24, 2.45) is 10.9 Å². The molecule has 1 saturated carbocycles. The van der Waals surface area contributed by atoms with Crippen LogP contribution in [0.1, 0.15) is 42.5 Å². The van der Waals surface area contributed by atoms with Crippen LogP contribution in [0.5, 0.6) is 0 Å². The third-order valence-electron chi connectivity index (χ3n) is 3.83. The molecular weight excluding hydrogens is 358 g/mol. The number of amides is 1. The predicted molar refractivity (Wildman–Crippen MR) is 85.8 cm³/mol. The Labute approximate surface area is 136 Å². The monoisotopic (exact) mass is 373 g/mol. The number of carbonyl (C=O) groups excluding carboxylic acids is 1. The molecule has 0 bridgehead atoms. The molecule has 1 aliphatic rings. The largest absolute Gasteiger partial charge is 0.409 e. The fraction of sp³-hybridized carbons (Fsp3) is 0.429. The van der Waals surface area contributed by atoms with Crippen molar-refractivity contribution in [1.82, 2.24) is 5.32 Å². The molecule has 0 aromatic heterocycles. The molecule has 2 rings (SSSR count). The molecule has 5 nitrogen and oxygen atoms in total. The Morgan fingerprint density at radius 3 is 2.62 bits per heavy atom. The molecular formula is C14H17BrClN3O2. The maximum atomic E-state index is 12.5. The predicted octanol–water partition coefficient (Wildman–Crippen LogP) is 3.28. The summed E-state index contributed by atoms with van der Waals surface area (Å²) < 4.78 is 0.609. The Morgan fingerprint density at radius 1 is 1.38 bits per heavy atom. The minimum absolute atomic E-state index is 0.0561. The first-order valence-corrected chi connectivity index (χ1v) is 7.91. The van der Waals surface area contributed by atoms with Crippen molar-refractivity contribution in [3.63, 3.8) is 0 Å². The fourth-order valence-electron chi connectivity index (χ4n) is 2.65. The van der Waals surface area contributed by atoms with Crippen LogP contribution < -0.4 is 11.1 Å². The lowest BCUT2D eigenvalue weighted by atomic mass is 9.80. The molecule has 4 N–H and O–H groups in total. The van der Waals surface area contributed by atoms with Crippen LogP contribution in [-0.4, -0.2) is 22.5 Å². The normalized spacial score (nSPS) is 18.3. The first kappa shape index (κ1) is 16.1. The Bertz CT molecular complexity index is 571. The molecule has 1 fully saturated rings. The molecule has 0 heterocycles. The third kappa shape index (κ3) is 3.49. The quantitative estimate of drug-likeness (QED) is 0.328. The average Bonchev–Trinajstić information content (AvgIpc) is 2.47. The van der Waals surface area contributed by atoms with E-state index in [1.165, 1.54) is 0 Å². The molecule has 0 unspecified atom stereocenters. The Morgan fingerprint density at radius 2 is 2.05 bits per heavy atom. The smallest absolute Gasteiger partial charge is 0.253 e. The van der Waals surface area contributed by atoms with E-state index in [2.05, 4.69) is 26.4 Å². The van der Waals surface area contributed by atoms with Crippen molar-refractivity contribution < 1.29 is 10.0 Å². The highest BCUT2D eigenvalue weighted by Crippen LogP contribution is 2.30. The summed E-state index contributed by atoms with van der Waals surface area (Å²) in [4.78, 5) is 12.5. The Hall–Kier alpha value is -1.27. The second-order valence-electron chi connectivity index (χ2n) is 5.21. The van der Waals surface area contributed by atoms with Gasteiger partial charge in [0.2, 0.25) is 0 Å². The van der Waals surface area contributed by atoms with Crippen LogP contribution in [0.4, 0.5) is 0 Å². The van der Waals surface area contributed by atoms with E-state index < -0.39 is 5.54 Å². The van der Waals surface area contributed by atoms with E-state index >= 15 is 0 Å². The van der Waals surface area contributed by atoms with Crippen LogP contribution in [0.3, 0.4) is 0 Å². The van der Waals surface area contributed by atoms with Crippen molar-refractivity contribution in [2.75, 3.05) is 0 Å². The Balaban J connectivity index is 2.26. The number of benzene rings is 1. The van der Waals surface area contributed by atoms with Gasteiger partial charge in [0, 0.05) is 9.50 Å². The summed E-state index contributed by atoms with van der Waals surface area (Å²) in [7, 11) is 0. The summed E-state index contributed by atoms with van der Waals surface area (Å²) in [6, 6.07) is 4.95. The van der Waals surface area contributed by atoms with E-state index in [-0.39, 0.29) is 11.7 Å². The number of carbonyl (C=O) groups is 1. The highest BCUT2D eigenvalue weighted by molar-refractivity contribution is 9.10. The van der Waals surface area contributed by atoms with Crippen LogP contribution in [0, 0.1) is 0 Å². The van der Waals surface area contributed by atoms with Gasteiger partial charge in [0.1, 0.15) is 5.54 Å². The summed E-state index contributed by atoms with van der Waals surface area (Å²) in [5, 5.41) is 15.6. The van der Waals surface area contributed by atoms with Gasteiger partial charge >= 0.3 is 0 Å². The van der Waals surface area contributed by atoms with Gasteiger partial charge in [-0.1, -0.05) is 36.0 Å². The lowest BCUT2D eigenvalue weighted by Crippen LogP contribution is -2.58. The van der Waals surface area contributed by atoms with Crippen molar-refractivity contribution in [2.45, 2.75) is 37.6 Å². The molecule has 7 heteroatoms. The van der Waals surface area contributed by atoms with Crippen LogP contribution in [0.2, 0.25) is 5.02 Å². The van der Waals surface area contributed by atoms with E-state index in [1.54, 1.807) is 18.2 Å². The van der Waals surface area contributed by atoms with E-state index in [0.717, 1.165) is 19.3 Å². The highest BCUT2D eigenvalue weighted by atomic mass is 79.9. The third-order valence-corrected chi connectivity index (χ3v) is 4.72. The zero-order valence-corrected chi connectivity index (χ0v) is 13.7. The van der Waals surface area contributed by atoms with Crippen molar-refractivity contribution in [3.8, 4) is 0 Å². The number of halogens is 2. The summed E-state index contributed by atoms with van der Waals surface area (Å²) in [6.07, 6.45) is 4.28. The van der Waals surface area contributed by atoms with Crippen LogP contribution >= 0.6 is 27.5 Å². The number of nitrogens with zero attached hydrogens (tertiary/aromatic N) is 1. The number of rotatable bonds is 3. The van der Waals surface area contributed by atoms with Gasteiger partial charge in [0.15, 0.2) is 5.84 Å². The number of oxime groups is 1. The van der Waals surface area contributed by atoms with Gasteiger partial charge in [0.25, 0.3) is 5.91 Å². The van der Waals surface area contributed by atoms with Gasteiger partial charge in [0.05, 0.1) is 5.56 Å². The molecule has 1 aromatic carbocycles. The molecule has 0 aliphatic heterocycles. The molecule has 0 atom stereocenters. The standard InChI is InChI=1S/C14H17BrClN3O2/c15-11-8-9(16)4-5-10(11)12(20)18-14(13(17)19-21)6-2-1-3-7-14/h4-5,8,21H,1-3,6-7H2,(H2,17,19)(H,18,20). The van der Waals surface area contributed by atoms with Gasteiger partial charge in [-0.15, -0.1) is 0 Å². The van der Waals surface area contributed by atoms with Gasteiger partial charge < -0.3 is 16.3 Å². The number of nitrogens with one attached hydrogen (secondary N) is 1. The van der Waals surface area contributed by atoms with Gasteiger partial charge in [-0.05, 0) is 47.0 Å². The summed E-state index contributed by atoms with van der Waals surface area (Å²) >= 11 is 9.21. The molecule has 1 amide bonds. The zero-order valence-electron chi connectivity index (χ0n) is 11.4. The molecule has 0 saturated heterocycles. The summed E-state index contributed by atoms with van der Waals surface area (Å²) in [5.41, 5.74) is 5.52. The number of nitrogens with two attached hydrogens (primary N) is 1. The summed E-state index contributed by atoms with van der Waals surface area (Å²) in [6.45, 7) is 0. The number of amidine groups is 1. The minimum atomic E-state index is -0.775. The van der Waals surface area contributed by atoms with Crippen LogP contribution in [0.15, 0.2) is 27.8 Å². The summed E-state index contributed by atoms with van der Waals surface area (Å²) in [5.74, 6) is -0.215. The van der Waals surface area contributed by atoms with Gasteiger partial charge in [-0.3, -0.25) is 4.79 Å². The van der Waals surface area contributed by atoms with E-state index in [4.69, 9.17) is 22.5 Å². The fourth-order valence-corrected chi connectivity index (χ4v) is 3.52. The molecule has 114 valence electrons.